The van der Waals surface area contributed by atoms with Crippen molar-refractivity contribution in [3.8, 4) is 11.3 Å². The van der Waals surface area contributed by atoms with E-state index < -0.39 is 12.3 Å². The summed E-state index contributed by atoms with van der Waals surface area (Å²) in [6.07, 6.45) is -2.94. The first-order valence-electron chi connectivity index (χ1n) is 14.9. The Morgan fingerprint density at radius 3 is 2.41 bits per heavy atom. The molecular weight excluding hydrogens is 569 g/mol. The number of halogens is 3. The smallest absolute Gasteiger partial charge is 0.379 e. The molecule has 44 heavy (non-hydrogen) atoms. The molecule has 0 saturated carbocycles. The molecule has 8 nitrogen and oxygen atoms in total. The van der Waals surface area contributed by atoms with Crippen LogP contribution in [0.2, 0.25) is 0 Å². The summed E-state index contributed by atoms with van der Waals surface area (Å²) in [5.41, 5.74) is 6.06. The number of rotatable bonds is 8. The Morgan fingerprint density at radius 2 is 1.75 bits per heavy atom. The van der Waals surface area contributed by atoms with Crippen molar-refractivity contribution in [1.29, 1.82) is 0 Å². The van der Waals surface area contributed by atoms with Gasteiger partial charge >= 0.3 is 6.18 Å². The molecule has 2 aromatic heterocycles. The van der Waals surface area contributed by atoms with Crippen molar-refractivity contribution in [3.63, 3.8) is 0 Å². The Kier molecular flexibility index (Phi) is 8.71. The number of hydrogen-bond donors (Lipinski definition) is 1. The number of aryl methyl sites for hydroxylation is 2. The third kappa shape index (κ3) is 6.72. The second kappa shape index (κ2) is 12.2. The number of carbonyl (C=O) groups excluding carboxylic acids is 1. The molecule has 2 aromatic carbocycles. The van der Waals surface area contributed by atoms with E-state index in [0.717, 1.165) is 29.8 Å². The van der Waals surface area contributed by atoms with Gasteiger partial charge < -0.3 is 10.0 Å². The maximum Gasteiger partial charge on any atom is 0.418 e. The maximum absolute atomic E-state index is 13.7. The van der Waals surface area contributed by atoms with Gasteiger partial charge in [-0.2, -0.15) is 18.3 Å². The summed E-state index contributed by atoms with van der Waals surface area (Å²) < 4.78 is 42.3. The lowest BCUT2D eigenvalue weighted by atomic mass is 9.87. The Bertz CT molecular complexity index is 1610. The molecule has 1 aliphatic heterocycles. The molecule has 1 N–H and O–H groups in total. The highest BCUT2D eigenvalue weighted by Crippen LogP contribution is 2.35. The molecule has 2 atom stereocenters. The van der Waals surface area contributed by atoms with Gasteiger partial charge in [-0.25, -0.2) is 4.68 Å². The fraction of sp³-hybridized carbons (Fsp3) is 0.455. The van der Waals surface area contributed by atoms with Crippen LogP contribution >= 0.6 is 0 Å². The van der Waals surface area contributed by atoms with E-state index in [-0.39, 0.29) is 23.1 Å². The summed E-state index contributed by atoms with van der Waals surface area (Å²) in [7, 11) is 0. The summed E-state index contributed by atoms with van der Waals surface area (Å²) >= 11 is 0. The number of benzene rings is 2. The van der Waals surface area contributed by atoms with Crippen LogP contribution in [-0.4, -0.2) is 58.9 Å². The number of carbonyl (C=O) groups is 1. The monoisotopic (exact) mass is 608 g/mol. The van der Waals surface area contributed by atoms with Crippen molar-refractivity contribution in [2.45, 2.75) is 90.7 Å². The van der Waals surface area contributed by atoms with E-state index in [9.17, 15) is 23.1 Å². The second-order valence-electron chi connectivity index (χ2n) is 12.5. The molecule has 4 aromatic rings. The van der Waals surface area contributed by atoms with Gasteiger partial charge in [0.25, 0.3) is 0 Å². The molecule has 0 spiro atoms. The third-order valence-corrected chi connectivity index (χ3v) is 8.80. The minimum absolute atomic E-state index is 0.0731. The zero-order chi connectivity index (χ0) is 31.8. The van der Waals surface area contributed by atoms with E-state index in [1.165, 1.54) is 35.4 Å². The average molecular weight is 609 g/mol. The van der Waals surface area contributed by atoms with Crippen molar-refractivity contribution in [2.24, 2.45) is 0 Å². The molecule has 0 bridgehead atoms. The number of piperidine rings is 1. The molecule has 0 aliphatic carbocycles. The normalized spacial score (nSPS) is 17.6. The number of hydrogen-bond acceptors (Lipinski definition) is 5. The minimum Gasteiger partial charge on any atom is -0.379 e. The summed E-state index contributed by atoms with van der Waals surface area (Å²) in [4.78, 5) is 15.6. The predicted molar refractivity (Wildman–Crippen MR) is 161 cm³/mol. The van der Waals surface area contributed by atoms with Gasteiger partial charge in [0.15, 0.2) is 6.10 Å². The van der Waals surface area contributed by atoms with Gasteiger partial charge in [0, 0.05) is 29.8 Å². The van der Waals surface area contributed by atoms with Gasteiger partial charge in [0.1, 0.15) is 5.69 Å². The van der Waals surface area contributed by atoms with E-state index in [4.69, 9.17) is 5.10 Å². The molecule has 0 radical (unpaired) electrons. The second-order valence-corrected chi connectivity index (χ2v) is 12.5. The molecule has 1 saturated heterocycles. The van der Waals surface area contributed by atoms with Crippen LogP contribution < -0.4 is 0 Å². The lowest BCUT2D eigenvalue weighted by molar-refractivity contribution is -0.206. The first kappa shape index (κ1) is 31.4. The Balaban J connectivity index is 1.24. The van der Waals surface area contributed by atoms with Crippen molar-refractivity contribution in [3.05, 3.63) is 88.4 Å². The van der Waals surface area contributed by atoms with Crippen LogP contribution in [0.25, 0.3) is 11.3 Å². The van der Waals surface area contributed by atoms with Crippen LogP contribution in [0, 0.1) is 20.8 Å². The van der Waals surface area contributed by atoms with Crippen molar-refractivity contribution < 1.29 is 23.1 Å². The van der Waals surface area contributed by atoms with Gasteiger partial charge in [-0.1, -0.05) is 59.3 Å². The lowest BCUT2D eigenvalue weighted by Gasteiger charge is -2.45. The van der Waals surface area contributed by atoms with Gasteiger partial charge in [0.05, 0.1) is 24.5 Å². The van der Waals surface area contributed by atoms with Crippen molar-refractivity contribution in [2.75, 3.05) is 6.54 Å². The van der Waals surface area contributed by atoms with E-state index >= 15 is 0 Å². The summed E-state index contributed by atoms with van der Waals surface area (Å²) in [5.74, 6) is 0.0731. The van der Waals surface area contributed by atoms with Crippen LogP contribution in [-0.2, 0) is 17.8 Å². The van der Waals surface area contributed by atoms with E-state index in [1.54, 1.807) is 10.9 Å². The van der Waals surface area contributed by atoms with Crippen molar-refractivity contribution >= 4 is 5.91 Å². The highest BCUT2D eigenvalue weighted by molar-refractivity contribution is 5.77. The highest BCUT2D eigenvalue weighted by Gasteiger charge is 2.40. The SMILES string of the molecule is Cc1ccc(Cn2nc(C)c(CCC(=O)N3CC(n4cc(-c5ccc(C(O)C(F)(F)F)cc5)nn4)CCC3(C)C)c2C)cc1. The first-order chi connectivity index (χ1) is 20.7. The van der Waals surface area contributed by atoms with Crippen LogP contribution in [0.4, 0.5) is 13.2 Å². The van der Waals surface area contributed by atoms with Crippen LogP contribution in [0.15, 0.2) is 54.7 Å². The molecule has 1 amide bonds. The average Bonchev–Trinajstić information content (AvgIpc) is 3.56. The Labute approximate surface area is 255 Å². The third-order valence-electron chi connectivity index (χ3n) is 8.80. The topological polar surface area (TPSA) is 89.1 Å². The minimum atomic E-state index is -4.73. The number of nitrogens with zero attached hydrogens (tertiary/aromatic N) is 6. The number of aromatic nitrogens is 5. The van der Waals surface area contributed by atoms with Crippen LogP contribution in [0.1, 0.15) is 78.9 Å². The van der Waals surface area contributed by atoms with Crippen molar-refractivity contribution in [1.82, 2.24) is 29.7 Å². The number of amides is 1. The van der Waals surface area contributed by atoms with Crippen LogP contribution in [0.5, 0.6) is 0 Å². The molecule has 5 rings (SSSR count). The lowest BCUT2D eigenvalue weighted by Crippen LogP contribution is -2.53. The maximum atomic E-state index is 13.7. The summed E-state index contributed by atoms with van der Waals surface area (Å²) in [6, 6.07) is 13.8. The standard InChI is InChI=1S/C33H39F3N6O2/c1-21-6-8-24(9-7-21)18-41-23(3)28(22(2)38-41)14-15-30(43)40-19-27(16-17-32(40,4)5)42-20-29(37-39-42)25-10-12-26(13-11-25)31(44)33(34,35)36/h6-13,20,27,31,44H,14-19H2,1-5H3. The number of aliphatic hydroxyl groups is 1. The zero-order valence-corrected chi connectivity index (χ0v) is 25.8. The molecule has 3 heterocycles. The van der Waals surface area contributed by atoms with Gasteiger partial charge in [-0.3, -0.25) is 9.48 Å². The Hall–Kier alpha value is -3.99. The van der Waals surface area contributed by atoms with Gasteiger partial charge in [-0.15, -0.1) is 5.10 Å². The Morgan fingerprint density at radius 1 is 1.07 bits per heavy atom. The fourth-order valence-corrected chi connectivity index (χ4v) is 5.95. The molecule has 1 aliphatic rings. The molecule has 11 heteroatoms. The highest BCUT2D eigenvalue weighted by atomic mass is 19.4. The van der Waals surface area contributed by atoms with Gasteiger partial charge in [0.2, 0.25) is 5.91 Å². The first-order valence-corrected chi connectivity index (χ1v) is 14.9. The molecule has 2 unspecified atom stereocenters. The predicted octanol–water partition coefficient (Wildman–Crippen LogP) is 6.29. The fourth-order valence-electron chi connectivity index (χ4n) is 5.95. The molecule has 234 valence electrons. The zero-order valence-electron chi connectivity index (χ0n) is 25.8. The summed E-state index contributed by atoms with van der Waals surface area (Å²) in [5, 5.41) is 22.8. The van der Waals surface area contributed by atoms with E-state index in [1.807, 2.05) is 16.5 Å². The quantitative estimate of drug-likeness (QED) is 0.254. The van der Waals surface area contributed by atoms with Gasteiger partial charge in [-0.05, 0) is 70.6 Å². The number of alkyl halides is 3. The van der Waals surface area contributed by atoms with E-state index in [0.29, 0.717) is 37.2 Å². The number of likely N-dealkylation sites (tertiary alicyclic amines) is 1. The largest absolute Gasteiger partial charge is 0.418 e. The molecular formula is C33H39F3N6O2. The van der Waals surface area contributed by atoms with E-state index in [2.05, 4.69) is 62.3 Å². The molecule has 1 fully saturated rings. The summed E-state index contributed by atoms with van der Waals surface area (Å²) in [6.45, 7) is 11.5. The number of aliphatic hydroxyl groups excluding tert-OH is 1. The van der Waals surface area contributed by atoms with Crippen LogP contribution in [0.3, 0.4) is 0 Å².